The zero-order chi connectivity index (χ0) is 15.1. The van der Waals surface area contributed by atoms with Crippen LogP contribution < -0.4 is 10.5 Å². The number of fused-ring (bicyclic) bond motifs is 1. The molecule has 0 saturated heterocycles. The van der Waals surface area contributed by atoms with Gasteiger partial charge in [-0.3, -0.25) is 4.68 Å². The molecular formula is C16H20BrN3O. The number of hydrogen-bond acceptors (Lipinski definition) is 3. The molecule has 0 saturated carbocycles. The van der Waals surface area contributed by atoms with Crippen LogP contribution in [0, 0.1) is 13.8 Å². The van der Waals surface area contributed by atoms with Crippen molar-refractivity contribution in [2.75, 3.05) is 6.61 Å². The third-order valence-corrected chi connectivity index (χ3v) is 4.66. The third kappa shape index (κ3) is 2.60. The fourth-order valence-electron chi connectivity index (χ4n) is 3.16. The lowest BCUT2D eigenvalue weighted by Gasteiger charge is -2.15. The SMILES string of the molecule is Cc1nn(C)c(C)c1C(N)Cc1cc(Br)cc2c1OCC2. The molecule has 1 aromatic heterocycles. The van der Waals surface area contributed by atoms with Gasteiger partial charge in [0.1, 0.15) is 5.75 Å². The number of halogens is 1. The van der Waals surface area contributed by atoms with Crippen LogP contribution >= 0.6 is 15.9 Å². The van der Waals surface area contributed by atoms with Crippen molar-refractivity contribution < 1.29 is 4.74 Å². The zero-order valence-electron chi connectivity index (χ0n) is 12.6. The summed E-state index contributed by atoms with van der Waals surface area (Å²) >= 11 is 3.58. The molecule has 0 fully saturated rings. The van der Waals surface area contributed by atoms with E-state index in [-0.39, 0.29) is 6.04 Å². The van der Waals surface area contributed by atoms with Crippen molar-refractivity contribution in [2.45, 2.75) is 32.7 Å². The standard InChI is InChI=1S/C16H20BrN3O/c1-9-15(10(2)20(3)19-9)14(18)8-12-7-13(17)6-11-4-5-21-16(11)12/h6-7,14H,4-5,8,18H2,1-3H3. The molecule has 2 N–H and O–H groups in total. The first-order valence-corrected chi connectivity index (χ1v) is 7.96. The first-order chi connectivity index (χ1) is 9.97. The van der Waals surface area contributed by atoms with Gasteiger partial charge in [-0.2, -0.15) is 5.10 Å². The fraction of sp³-hybridized carbons (Fsp3) is 0.438. The number of rotatable bonds is 3. The van der Waals surface area contributed by atoms with Crippen molar-refractivity contribution in [3.05, 3.63) is 44.7 Å². The van der Waals surface area contributed by atoms with Gasteiger partial charge in [0.15, 0.2) is 0 Å². The highest BCUT2D eigenvalue weighted by Crippen LogP contribution is 2.35. The number of nitrogens with zero attached hydrogens (tertiary/aromatic N) is 2. The molecule has 0 spiro atoms. The lowest BCUT2D eigenvalue weighted by molar-refractivity contribution is 0.352. The van der Waals surface area contributed by atoms with Gasteiger partial charge in [-0.1, -0.05) is 15.9 Å². The monoisotopic (exact) mass is 349 g/mol. The predicted molar refractivity (Wildman–Crippen MR) is 86.7 cm³/mol. The number of benzene rings is 1. The van der Waals surface area contributed by atoms with Crippen LogP contribution in [-0.2, 0) is 19.9 Å². The molecular weight excluding hydrogens is 330 g/mol. The molecule has 2 heterocycles. The fourth-order valence-corrected chi connectivity index (χ4v) is 3.72. The number of nitrogens with two attached hydrogens (primary N) is 1. The molecule has 3 rings (SSSR count). The molecule has 0 aliphatic carbocycles. The number of aryl methyl sites for hydroxylation is 2. The summed E-state index contributed by atoms with van der Waals surface area (Å²) in [5, 5.41) is 4.46. The topological polar surface area (TPSA) is 53.1 Å². The molecule has 1 unspecified atom stereocenters. The van der Waals surface area contributed by atoms with Crippen molar-refractivity contribution in [3.8, 4) is 5.75 Å². The molecule has 21 heavy (non-hydrogen) atoms. The van der Waals surface area contributed by atoms with E-state index in [0.29, 0.717) is 0 Å². The Morgan fingerprint density at radius 2 is 2.19 bits per heavy atom. The second-order valence-electron chi connectivity index (χ2n) is 5.67. The smallest absolute Gasteiger partial charge is 0.125 e. The summed E-state index contributed by atoms with van der Waals surface area (Å²) in [7, 11) is 1.96. The van der Waals surface area contributed by atoms with Gasteiger partial charge in [0.05, 0.1) is 12.3 Å². The molecule has 1 atom stereocenters. The summed E-state index contributed by atoms with van der Waals surface area (Å²) in [4.78, 5) is 0. The maximum atomic E-state index is 6.46. The Morgan fingerprint density at radius 1 is 1.43 bits per heavy atom. The average Bonchev–Trinajstić information content (AvgIpc) is 2.95. The minimum Gasteiger partial charge on any atom is -0.493 e. The maximum Gasteiger partial charge on any atom is 0.125 e. The van der Waals surface area contributed by atoms with E-state index in [1.807, 2.05) is 18.7 Å². The summed E-state index contributed by atoms with van der Waals surface area (Å²) in [6, 6.07) is 4.18. The van der Waals surface area contributed by atoms with Gasteiger partial charge in [-0.15, -0.1) is 0 Å². The Morgan fingerprint density at radius 3 is 2.86 bits per heavy atom. The van der Waals surface area contributed by atoms with Gasteiger partial charge in [0.25, 0.3) is 0 Å². The highest BCUT2D eigenvalue weighted by molar-refractivity contribution is 9.10. The van der Waals surface area contributed by atoms with Gasteiger partial charge in [-0.05, 0) is 43.5 Å². The van der Waals surface area contributed by atoms with E-state index in [2.05, 4.69) is 40.1 Å². The van der Waals surface area contributed by atoms with Crippen LogP contribution in [0.1, 0.15) is 34.1 Å². The van der Waals surface area contributed by atoms with Crippen LogP contribution in [0.2, 0.25) is 0 Å². The summed E-state index contributed by atoms with van der Waals surface area (Å²) in [6.45, 7) is 4.85. The van der Waals surface area contributed by atoms with Crippen LogP contribution in [0.15, 0.2) is 16.6 Å². The normalized spacial score (nSPS) is 14.9. The minimum absolute atomic E-state index is 0.0682. The van der Waals surface area contributed by atoms with Gasteiger partial charge < -0.3 is 10.5 Å². The Hall–Kier alpha value is -1.33. The molecule has 1 aliphatic heterocycles. The number of ether oxygens (including phenoxy) is 1. The van der Waals surface area contributed by atoms with Crippen LogP contribution in [0.25, 0.3) is 0 Å². The lowest BCUT2D eigenvalue weighted by atomic mass is 9.96. The van der Waals surface area contributed by atoms with Crippen molar-refractivity contribution >= 4 is 15.9 Å². The summed E-state index contributed by atoms with van der Waals surface area (Å²) in [5.74, 6) is 1.02. The second-order valence-corrected chi connectivity index (χ2v) is 6.59. The Balaban J connectivity index is 1.94. The van der Waals surface area contributed by atoms with E-state index in [4.69, 9.17) is 10.5 Å². The summed E-state index contributed by atoms with van der Waals surface area (Å²) < 4.78 is 8.78. The average molecular weight is 350 g/mol. The first-order valence-electron chi connectivity index (χ1n) is 7.17. The predicted octanol–water partition coefficient (Wildman–Crippen LogP) is 2.98. The van der Waals surface area contributed by atoms with Crippen molar-refractivity contribution in [2.24, 2.45) is 12.8 Å². The van der Waals surface area contributed by atoms with Crippen molar-refractivity contribution in [1.82, 2.24) is 9.78 Å². The molecule has 0 amide bonds. The van der Waals surface area contributed by atoms with Crippen molar-refractivity contribution in [1.29, 1.82) is 0 Å². The molecule has 4 nitrogen and oxygen atoms in total. The molecule has 0 radical (unpaired) electrons. The van der Waals surface area contributed by atoms with Gasteiger partial charge in [0, 0.05) is 35.2 Å². The van der Waals surface area contributed by atoms with Crippen LogP contribution in [0.5, 0.6) is 5.75 Å². The largest absolute Gasteiger partial charge is 0.493 e. The molecule has 5 heteroatoms. The van der Waals surface area contributed by atoms with E-state index in [9.17, 15) is 0 Å². The van der Waals surface area contributed by atoms with Crippen LogP contribution in [0.4, 0.5) is 0 Å². The van der Waals surface area contributed by atoms with Gasteiger partial charge >= 0.3 is 0 Å². The zero-order valence-corrected chi connectivity index (χ0v) is 14.2. The molecule has 112 valence electrons. The van der Waals surface area contributed by atoms with Gasteiger partial charge in [0.2, 0.25) is 0 Å². The van der Waals surface area contributed by atoms with Crippen LogP contribution in [-0.4, -0.2) is 16.4 Å². The van der Waals surface area contributed by atoms with E-state index in [1.165, 1.54) is 11.1 Å². The minimum atomic E-state index is -0.0682. The molecule has 1 aliphatic rings. The maximum absolute atomic E-state index is 6.46. The highest BCUT2D eigenvalue weighted by Gasteiger charge is 2.22. The number of hydrogen-bond donors (Lipinski definition) is 1. The second kappa shape index (κ2) is 5.46. The van der Waals surface area contributed by atoms with E-state index in [1.54, 1.807) is 0 Å². The summed E-state index contributed by atoms with van der Waals surface area (Å²) in [6.07, 6.45) is 1.73. The molecule has 2 aromatic rings. The van der Waals surface area contributed by atoms with Crippen LogP contribution in [0.3, 0.4) is 0 Å². The third-order valence-electron chi connectivity index (χ3n) is 4.20. The molecule has 1 aromatic carbocycles. The van der Waals surface area contributed by atoms with E-state index >= 15 is 0 Å². The van der Waals surface area contributed by atoms with Gasteiger partial charge in [-0.25, -0.2) is 0 Å². The Kier molecular flexibility index (Phi) is 3.80. The lowest BCUT2D eigenvalue weighted by Crippen LogP contribution is -2.16. The number of aromatic nitrogens is 2. The Bertz CT molecular complexity index is 693. The van der Waals surface area contributed by atoms with E-state index in [0.717, 1.165) is 46.6 Å². The molecule has 0 bridgehead atoms. The highest BCUT2D eigenvalue weighted by atomic mass is 79.9. The summed E-state index contributed by atoms with van der Waals surface area (Å²) in [5.41, 5.74) is 12.2. The quantitative estimate of drug-likeness (QED) is 0.926. The Labute approximate surface area is 133 Å². The van der Waals surface area contributed by atoms with E-state index < -0.39 is 0 Å². The van der Waals surface area contributed by atoms with Crippen molar-refractivity contribution in [3.63, 3.8) is 0 Å². The first kappa shape index (κ1) is 14.6.